The topological polar surface area (TPSA) is 63.8 Å². The SMILES string of the molecule is CSCCCCNc1nnccc1C(N)=S. The Labute approximate surface area is 105 Å². The Bertz CT molecular complexity index is 343. The molecule has 0 amide bonds. The average molecular weight is 256 g/mol. The number of hydrogen-bond acceptors (Lipinski definition) is 5. The van der Waals surface area contributed by atoms with Crippen LogP contribution in [0.3, 0.4) is 0 Å². The van der Waals surface area contributed by atoms with Gasteiger partial charge in [-0.1, -0.05) is 12.2 Å². The normalized spacial score (nSPS) is 10.1. The van der Waals surface area contributed by atoms with Gasteiger partial charge in [-0.15, -0.1) is 5.10 Å². The molecule has 16 heavy (non-hydrogen) atoms. The van der Waals surface area contributed by atoms with E-state index in [1.807, 2.05) is 11.8 Å². The van der Waals surface area contributed by atoms with Gasteiger partial charge in [0, 0.05) is 6.54 Å². The maximum Gasteiger partial charge on any atom is 0.158 e. The van der Waals surface area contributed by atoms with Gasteiger partial charge in [-0.25, -0.2) is 0 Å². The van der Waals surface area contributed by atoms with Gasteiger partial charge in [0.15, 0.2) is 5.82 Å². The number of hydrogen-bond donors (Lipinski definition) is 2. The summed E-state index contributed by atoms with van der Waals surface area (Å²) in [6.45, 7) is 0.870. The zero-order chi connectivity index (χ0) is 11.8. The van der Waals surface area contributed by atoms with E-state index in [1.165, 1.54) is 12.2 Å². The molecule has 1 rings (SSSR count). The van der Waals surface area contributed by atoms with Crippen molar-refractivity contribution in [2.75, 3.05) is 23.9 Å². The van der Waals surface area contributed by atoms with Crippen molar-refractivity contribution in [2.45, 2.75) is 12.8 Å². The second-order valence-corrected chi connectivity index (χ2v) is 4.71. The fraction of sp³-hybridized carbons (Fsp3) is 0.500. The molecule has 0 aromatic carbocycles. The lowest BCUT2D eigenvalue weighted by Gasteiger charge is -2.08. The predicted octanol–water partition coefficient (Wildman–Crippen LogP) is 1.67. The number of nitrogens with one attached hydrogen (secondary N) is 1. The maximum atomic E-state index is 5.59. The molecule has 6 heteroatoms. The highest BCUT2D eigenvalue weighted by Crippen LogP contribution is 2.10. The molecule has 0 radical (unpaired) electrons. The summed E-state index contributed by atoms with van der Waals surface area (Å²) in [4.78, 5) is 0.349. The fourth-order valence-electron chi connectivity index (χ4n) is 1.24. The third kappa shape index (κ3) is 4.32. The van der Waals surface area contributed by atoms with Crippen molar-refractivity contribution in [3.63, 3.8) is 0 Å². The first kappa shape index (κ1) is 13.2. The minimum atomic E-state index is 0.349. The summed E-state index contributed by atoms with van der Waals surface area (Å²) in [6, 6.07) is 1.78. The quantitative estimate of drug-likeness (QED) is 0.571. The first-order valence-electron chi connectivity index (χ1n) is 5.10. The van der Waals surface area contributed by atoms with Crippen molar-refractivity contribution in [1.82, 2.24) is 10.2 Å². The summed E-state index contributed by atoms with van der Waals surface area (Å²) in [7, 11) is 0. The zero-order valence-electron chi connectivity index (χ0n) is 9.27. The minimum Gasteiger partial charge on any atom is -0.389 e. The van der Waals surface area contributed by atoms with Crippen LogP contribution in [0.2, 0.25) is 0 Å². The molecule has 0 unspecified atom stereocenters. The van der Waals surface area contributed by atoms with Crippen LogP contribution in [-0.2, 0) is 0 Å². The summed E-state index contributed by atoms with van der Waals surface area (Å²) in [5.74, 6) is 1.86. The lowest BCUT2D eigenvalue weighted by atomic mass is 10.2. The summed E-state index contributed by atoms with van der Waals surface area (Å²) < 4.78 is 0. The molecule has 0 aliphatic carbocycles. The summed E-state index contributed by atoms with van der Waals surface area (Å²) in [6.07, 6.45) is 6.00. The van der Waals surface area contributed by atoms with E-state index in [0.29, 0.717) is 10.8 Å². The molecule has 88 valence electrons. The lowest BCUT2D eigenvalue weighted by molar-refractivity contribution is 0.835. The van der Waals surface area contributed by atoms with Gasteiger partial charge in [0.05, 0.1) is 11.8 Å². The highest BCUT2D eigenvalue weighted by atomic mass is 32.2. The average Bonchev–Trinajstić information content (AvgIpc) is 2.29. The van der Waals surface area contributed by atoms with Crippen molar-refractivity contribution in [1.29, 1.82) is 0 Å². The summed E-state index contributed by atoms with van der Waals surface area (Å²) in [5, 5.41) is 11.0. The van der Waals surface area contributed by atoms with E-state index in [4.69, 9.17) is 18.0 Å². The molecule has 1 aromatic heterocycles. The molecule has 3 N–H and O–H groups in total. The van der Waals surface area contributed by atoms with Crippen LogP contribution in [0, 0.1) is 0 Å². The largest absolute Gasteiger partial charge is 0.389 e. The highest BCUT2D eigenvalue weighted by Gasteiger charge is 2.05. The molecule has 0 saturated carbocycles. The standard InChI is InChI=1S/C10H16N4S2/c1-16-7-3-2-5-12-10-8(9(11)15)4-6-13-14-10/h4,6H,2-3,5,7H2,1H3,(H2,11,15)(H,12,14). The molecule has 0 bridgehead atoms. The molecule has 1 aromatic rings. The molecule has 0 spiro atoms. The molecular formula is C10H16N4S2. The van der Waals surface area contributed by atoms with Crippen LogP contribution in [0.1, 0.15) is 18.4 Å². The Morgan fingerprint density at radius 1 is 1.56 bits per heavy atom. The Hall–Kier alpha value is -0.880. The van der Waals surface area contributed by atoms with E-state index in [1.54, 1.807) is 12.3 Å². The number of nitrogens with zero attached hydrogens (tertiary/aromatic N) is 2. The molecular weight excluding hydrogens is 240 g/mol. The van der Waals surface area contributed by atoms with Gasteiger partial charge in [0.25, 0.3) is 0 Å². The Kier molecular flexibility index (Phi) is 6.10. The smallest absolute Gasteiger partial charge is 0.158 e. The van der Waals surface area contributed by atoms with Crippen LogP contribution >= 0.6 is 24.0 Å². The monoisotopic (exact) mass is 256 g/mol. The van der Waals surface area contributed by atoms with Gasteiger partial charge >= 0.3 is 0 Å². The number of anilines is 1. The van der Waals surface area contributed by atoms with Crippen LogP contribution in [0.5, 0.6) is 0 Å². The first-order chi connectivity index (χ1) is 7.75. The van der Waals surface area contributed by atoms with Crippen molar-refractivity contribution >= 4 is 34.8 Å². The van der Waals surface area contributed by atoms with E-state index in [0.717, 1.165) is 18.5 Å². The summed E-state index contributed by atoms with van der Waals surface area (Å²) >= 11 is 6.80. The van der Waals surface area contributed by atoms with Gasteiger partial charge in [0.1, 0.15) is 4.99 Å². The van der Waals surface area contributed by atoms with Gasteiger partial charge in [0.2, 0.25) is 0 Å². The van der Waals surface area contributed by atoms with E-state index in [2.05, 4.69) is 21.8 Å². The van der Waals surface area contributed by atoms with E-state index < -0.39 is 0 Å². The van der Waals surface area contributed by atoms with Crippen molar-refractivity contribution in [2.24, 2.45) is 5.73 Å². The van der Waals surface area contributed by atoms with Crippen LogP contribution in [0.15, 0.2) is 12.3 Å². The molecule has 0 fully saturated rings. The van der Waals surface area contributed by atoms with Crippen LogP contribution < -0.4 is 11.1 Å². The van der Waals surface area contributed by atoms with Gasteiger partial charge < -0.3 is 11.1 Å². The molecule has 0 aliphatic heterocycles. The summed E-state index contributed by atoms with van der Waals surface area (Å²) in [5.41, 5.74) is 6.35. The number of aromatic nitrogens is 2. The van der Waals surface area contributed by atoms with Crippen LogP contribution in [0.4, 0.5) is 5.82 Å². The van der Waals surface area contributed by atoms with E-state index in [9.17, 15) is 0 Å². The van der Waals surface area contributed by atoms with Crippen molar-refractivity contribution < 1.29 is 0 Å². The number of unbranched alkanes of at least 4 members (excludes halogenated alkanes) is 1. The Balaban J connectivity index is 2.44. The van der Waals surface area contributed by atoms with Gasteiger partial charge in [-0.05, 0) is 30.9 Å². The van der Waals surface area contributed by atoms with E-state index >= 15 is 0 Å². The predicted molar refractivity (Wildman–Crippen MR) is 74.0 cm³/mol. The second-order valence-electron chi connectivity index (χ2n) is 3.28. The zero-order valence-corrected chi connectivity index (χ0v) is 10.9. The Morgan fingerprint density at radius 2 is 2.38 bits per heavy atom. The number of thiocarbonyl (C=S) groups is 1. The number of nitrogens with two attached hydrogens (primary N) is 1. The molecule has 1 heterocycles. The lowest BCUT2D eigenvalue weighted by Crippen LogP contribution is -2.15. The second kappa shape index (κ2) is 7.40. The Morgan fingerprint density at radius 3 is 3.06 bits per heavy atom. The third-order valence-corrected chi connectivity index (χ3v) is 2.97. The molecule has 0 saturated heterocycles. The van der Waals surface area contributed by atoms with Gasteiger partial charge in [-0.2, -0.15) is 16.9 Å². The first-order valence-corrected chi connectivity index (χ1v) is 6.90. The minimum absolute atomic E-state index is 0.349. The highest BCUT2D eigenvalue weighted by molar-refractivity contribution is 7.98. The number of rotatable bonds is 7. The van der Waals surface area contributed by atoms with Gasteiger partial charge in [-0.3, -0.25) is 0 Å². The molecule has 0 atom stereocenters. The molecule has 0 aliphatic rings. The maximum absolute atomic E-state index is 5.59. The molecule has 4 nitrogen and oxygen atoms in total. The number of thioether (sulfide) groups is 1. The fourth-order valence-corrected chi connectivity index (χ4v) is 1.90. The van der Waals surface area contributed by atoms with Crippen LogP contribution in [-0.4, -0.2) is 33.7 Å². The van der Waals surface area contributed by atoms with Crippen molar-refractivity contribution in [3.8, 4) is 0 Å². The van der Waals surface area contributed by atoms with Crippen molar-refractivity contribution in [3.05, 3.63) is 17.8 Å². The third-order valence-electron chi connectivity index (χ3n) is 2.05. The van der Waals surface area contributed by atoms with E-state index in [-0.39, 0.29) is 0 Å². The van der Waals surface area contributed by atoms with Crippen LogP contribution in [0.25, 0.3) is 0 Å².